The zero-order valence-electron chi connectivity index (χ0n) is 10.8. The minimum Gasteiger partial charge on any atom is -0.347 e. The lowest BCUT2D eigenvalue weighted by molar-refractivity contribution is 0.0934. The van der Waals surface area contributed by atoms with Gasteiger partial charge in [0.25, 0.3) is 5.91 Å². The van der Waals surface area contributed by atoms with Crippen molar-refractivity contribution < 1.29 is 9.18 Å². The summed E-state index contributed by atoms with van der Waals surface area (Å²) in [5.74, 6) is -0.246. The summed E-state index contributed by atoms with van der Waals surface area (Å²) in [6.45, 7) is 1.07. The highest BCUT2D eigenvalue weighted by atomic mass is 19.1. The smallest absolute Gasteiger partial charge is 0.251 e. The van der Waals surface area contributed by atoms with Crippen molar-refractivity contribution in [1.29, 1.82) is 0 Å². The zero-order chi connectivity index (χ0) is 13.7. The number of rotatable bonds is 4. The van der Waals surface area contributed by atoms with Crippen LogP contribution in [0.2, 0.25) is 0 Å². The van der Waals surface area contributed by atoms with Crippen LogP contribution in [0.5, 0.6) is 0 Å². The van der Waals surface area contributed by atoms with Gasteiger partial charge in [0, 0.05) is 5.56 Å². The second-order valence-electron chi connectivity index (χ2n) is 4.47. The molecule has 2 aromatic rings. The molecule has 0 radical (unpaired) electrons. The molecule has 0 bridgehead atoms. The Morgan fingerprint density at radius 2 is 1.63 bits per heavy atom. The lowest BCUT2D eigenvalue weighted by Gasteiger charge is -2.10. The molecule has 0 fully saturated rings. The Morgan fingerprint density at radius 3 is 2.21 bits per heavy atom. The van der Waals surface area contributed by atoms with Crippen molar-refractivity contribution >= 4 is 5.91 Å². The monoisotopic (exact) mass is 257 g/mol. The Kier molecular flexibility index (Phi) is 4.29. The number of nitrogens with one attached hydrogen (secondary N) is 1. The van der Waals surface area contributed by atoms with Crippen molar-refractivity contribution in [3.63, 3.8) is 0 Å². The normalized spacial score (nSPS) is 11.9. The first-order valence-corrected chi connectivity index (χ1v) is 6.23. The second-order valence-corrected chi connectivity index (χ2v) is 4.47. The van der Waals surface area contributed by atoms with E-state index in [1.807, 2.05) is 42.5 Å². The van der Waals surface area contributed by atoms with E-state index in [2.05, 4.69) is 5.32 Å². The van der Waals surface area contributed by atoms with Gasteiger partial charge in [0.1, 0.15) is 6.67 Å². The summed E-state index contributed by atoms with van der Waals surface area (Å²) < 4.78 is 12.3. The molecule has 0 saturated heterocycles. The van der Waals surface area contributed by atoms with E-state index in [0.29, 0.717) is 5.56 Å². The lowest BCUT2D eigenvalue weighted by atomic mass is 10.0. The third-order valence-corrected chi connectivity index (χ3v) is 2.86. The van der Waals surface area contributed by atoms with E-state index in [-0.39, 0.29) is 5.91 Å². The van der Waals surface area contributed by atoms with Crippen LogP contribution in [0.1, 0.15) is 17.3 Å². The molecule has 0 spiro atoms. The summed E-state index contributed by atoms with van der Waals surface area (Å²) in [5.41, 5.74) is 2.70. The molecule has 98 valence electrons. The second kappa shape index (κ2) is 6.14. The van der Waals surface area contributed by atoms with E-state index in [9.17, 15) is 9.18 Å². The van der Waals surface area contributed by atoms with Gasteiger partial charge in [-0.15, -0.1) is 0 Å². The van der Waals surface area contributed by atoms with Gasteiger partial charge >= 0.3 is 0 Å². The maximum absolute atomic E-state index is 12.3. The van der Waals surface area contributed by atoms with Gasteiger partial charge < -0.3 is 5.32 Å². The Labute approximate surface area is 112 Å². The van der Waals surface area contributed by atoms with Gasteiger partial charge in [0.05, 0.1) is 6.04 Å². The summed E-state index contributed by atoms with van der Waals surface area (Å²) in [7, 11) is 0. The summed E-state index contributed by atoms with van der Waals surface area (Å²) in [4.78, 5) is 11.8. The molecule has 0 aliphatic carbocycles. The molecule has 0 unspecified atom stereocenters. The Hall–Kier alpha value is -2.16. The first-order valence-electron chi connectivity index (χ1n) is 6.23. The standard InChI is InChI=1S/C16H16FNO/c1-12(11-17)18-16(19)15-9-7-14(8-10-15)13-5-3-2-4-6-13/h2-10,12H,11H2,1H3,(H,18,19)/t12-/m0/s1. The largest absolute Gasteiger partial charge is 0.347 e. The quantitative estimate of drug-likeness (QED) is 0.893. The number of hydrogen-bond acceptors (Lipinski definition) is 1. The van der Waals surface area contributed by atoms with Gasteiger partial charge in [-0.05, 0) is 30.2 Å². The van der Waals surface area contributed by atoms with Crippen LogP contribution >= 0.6 is 0 Å². The summed E-state index contributed by atoms with van der Waals surface area (Å²) in [6.07, 6.45) is 0. The molecule has 1 N–H and O–H groups in total. The average Bonchev–Trinajstić information content (AvgIpc) is 2.48. The minimum atomic E-state index is -0.562. The molecule has 2 rings (SSSR count). The van der Waals surface area contributed by atoms with Gasteiger partial charge in [-0.25, -0.2) is 4.39 Å². The van der Waals surface area contributed by atoms with E-state index in [4.69, 9.17) is 0 Å². The Morgan fingerprint density at radius 1 is 1.05 bits per heavy atom. The van der Waals surface area contributed by atoms with E-state index in [1.165, 1.54) is 0 Å². The first kappa shape index (κ1) is 13.3. The maximum Gasteiger partial charge on any atom is 0.251 e. The third-order valence-electron chi connectivity index (χ3n) is 2.86. The molecule has 1 amide bonds. The van der Waals surface area contributed by atoms with E-state index in [0.717, 1.165) is 11.1 Å². The van der Waals surface area contributed by atoms with E-state index in [1.54, 1.807) is 19.1 Å². The van der Waals surface area contributed by atoms with Gasteiger partial charge in [-0.3, -0.25) is 4.79 Å². The predicted molar refractivity (Wildman–Crippen MR) is 74.8 cm³/mol. The number of halogens is 1. The van der Waals surface area contributed by atoms with Gasteiger partial charge in [0.2, 0.25) is 0 Å². The van der Waals surface area contributed by atoms with Crippen molar-refractivity contribution in [3.05, 3.63) is 60.2 Å². The minimum absolute atomic E-state index is 0.246. The van der Waals surface area contributed by atoms with E-state index >= 15 is 0 Å². The van der Waals surface area contributed by atoms with Crippen LogP contribution in [-0.2, 0) is 0 Å². The number of hydrogen-bond donors (Lipinski definition) is 1. The third kappa shape index (κ3) is 3.41. The predicted octanol–water partition coefficient (Wildman–Crippen LogP) is 3.44. The molecule has 1 atom stereocenters. The first-order chi connectivity index (χ1) is 9.20. The van der Waals surface area contributed by atoms with Crippen molar-refractivity contribution in [3.8, 4) is 11.1 Å². The van der Waals surface area contributed by atoms with Crippen LogP contribution in [0.4, 0.5) is 4.39 Å². The number of amides is 1. The Bertz CT molecular complexity index is 536. The van der Waals surface area contributed by atoms with Crippen molar-refractivity contribution in [2.24, 2.45) is 0 Å². The van der Waals surface area contributed by atoms with Crippen molar-refractivity contribution in [2.75, 3.05) is 6.67 Å². The highest BCUT2D eigenvalue weighted by Gasteiger charge is 2.09. The van der Waals surface area contributed by atoms with Gasteiger partial charge in [0.15, 0.2) is 0 Å². The topological polar surface area (TPSA) is 29.1 Å². The van der Waals surface area contributed by atoms with Crippen LogP contribution in [0.15, 0.2) is 54.6 Å². The molecule has 2 nitrogen and oxygen atoms in total. The summed E-state index contributed by atoms with van der Waals surface area (Å²) >= 11 is 0. The fraction of sp³-hybridized carbons (Fsp3) is 0.188. The fourth-order valence-electron chi connectivity index (χ4n) is 1.79. The SMILES string of the molecule is C[C@@H](CF)NC(=O)c1ccc(-c2ccccc2)cc1. The van der Waals surface area contributed by atoms with Crippen LogP contribution in [0, 0.1) is 0 Å². The molecular formula is C16H16FNO. The highest BCUT2D eigenvalue weighted by Crippen LogP contribution is 2.19. The van der Waals surface area contributed by atoms with Crippen LogP contribution < -0.4 is 5.32 Å². The highest BCUT2D eigenvalue weighted by molar-refractivity contribution is 5.94. The van der Waals surface area contributed by atoms with Crippen LogP contribution in [-0.4, -0.2) is 18.6 Å². The Balaban J connectivity index is 2.13. The van der Waals surface area contributed by atoms with Crippen molar-refractivity contribution in [2.45, 2.75) is 13.0 Å². The van der Waals surface area contributed by atoms with Gasteiger partial charge in [-0.1, -0.05) is 42.5 Å². The van der Waals surface area contributed by atoms with E-state index < -0.39 is 12.7 Å². The van der Waals surface area contributed by atoms with Crippen LogP contribution in [0.25, 0.3) is 11.1 Å². The number of carbonyl (C=O) groups excluding carboxylic acids is 1. The van der Waals surface area contributed by atoms with Crippen LogP contribution in [0.3, 0.4) is 0 Å². The molecule has 3 heteroatoms. The summed E-state index contributed by atoms with van der Waals surface area (Å²) in [6, 6.07) is 16.8. The molecule has 0 aromatic heterocycles. The summed E-state index contributed by atoms with van der Waals surface area (Å²) in [5, 5.41) is 2.59. The molecule has 0 heterocycles. The number of benzene rings is 2. The molecule has 2 aromatic carbocycles. The molecule has 19 heavy (non-hydrogen) atoms. The zero-order valence-corrected chi connectivity index (χ0v) is 10.8. The van der Waals surface area contributed by atoms with Crippen molar-refractivity contribution in [1.82, 2.24) is 5.32 Å². The number of alkyl halides is 1. The van der Waals surface area contributed by atoms with Gasteiger partial charge in [-0.2, -0.15) is 0 Å². The molecule has 0 saturated carbocycles. The molecule has 0 aliphatic heterocycles. The average molecular weight is 257 g/mol. The maximum atomic E-state index is 12.3. The fourth-order valence-corrected chi connectivity index (χ4v) is 1.79. The molecule has 0 aliphatic rings. The number of carbonyl (C=O) groups is 1. The lowest BCUT2D eigenvalue weighted by Crippen LogP contribution is -2.33. The molecular weight excluding hydrogens is 241 g/mol.